The van der Waals surface area contributed by atoms with Gasteiger partial charge in [0.2, 0.25) is 0 Å². The second kappa shape index (κ2) is 11.3. The predicted molar refractivity (Wildman–Crippen MR) is 81.6 cm³/mol. The molecule has 0 aliphatic carbocycles. The topological polar surface area (TPSA) is 34.1 Å². The Morgan fingerprint density at radius 3 is 1.05 bits per heavy atom. The molecule has 0 aliphatic heterocycles. The van der Waals surface area contributed by atoms with E-state index in [0.717, 1.165) is 11.1 Å². The van der Waals surface area contributed by atoms with Gasteiger partial charge in [-0.2, -0.15) is 24.3 Å². The molecule has 0 radical (unpaired) electrons. The molecule has 0 atom stereocenters. The van der Waals surface area contributed by atoms with Gasteiger partial charge in [-0.3, -0.25) is 0 Å². The van der Waals surface area contributed by atoms with Gasteiger partial charge < -0.3 is 9.59 Å². The second-order valence-corrected chi connectivity index (χ2v) is 12.8. The van der Waals surface area contributed by atoms with E-state index in [4.69, 9.17) is 28.3 Å². The Morgan fingerprint density at radius 1 is 0.750 bits per heavy atom. The quantitative estimate of drug-likeness (QED) is 0.379. The van der Waals surface area contributed by atoms with Gasteiger partial charge in [-0.05, 0) is 13.8 Å². The molecule has 0 aromatic heterocycles. The fourth-order valence-electron chi connectivity index (χ4n) is 1.22. The summed E-state index contributed by atoms with van der Waals surface area (Å²) >= 11 is -1.94. The molecule has 0 fully saturated rings. The van der Waals surface area contributed by atoms with Crippen molar-refractivity contribution in [3.63, 3.8) is 0 Å². The van der Waals surface area contributed by atoms with Crippen LogP contribution in [0.4, 0.5) is 0 Å². The van der Waals surface area contributed by atoms with Gasteiger partial charge in [-0.25, -0.2) is 24.3 Å². The fraction of sp³-hybridized carbons (Fsp3) is 0.143. The molecule has 0 bridgehead atoms. The monoisotopic (exact) mass is 417 g/mol. The minimum absolute atomic E-state index is 0.134. The first-order valence-corrected chi connectivity index (χ1v) is 13.3. The molecule has 6 heteroatoms. The average molecular weight is 417 g/mol. The van der Waals surface area contributed by atoms with Gasteiger partial charge in [0.25, 0.3) is 0 Å². The van der Waals surface area contributed by atoms with Crippen LogP contribution in [0.1, 0.15) is 34.6 Å². The van der Waals surface area contributed by atoms with E-state index in [-0.39, 0.29) is 11.6 Å². The number of Topliss-reactive ketones (excluding diaryl/α,β-unsaturated/α-hetero) is 2. The van der Waals surface area contributed by atoms with E-state index in [1.807, 2.05) is 48.5 Å². The van der Waals surface area contributed by atoms with E-state index in [2.05, 4.69) is 0 Å². The first kappa shape index (κ1) is 19.6. The van der Waals surface area contributed by atoms with Crippen LogP contribution in [0, 0.1) is 0 Å². The van der Waals surface area contributed by atoms with E-state index >= 15 is 0 Å². The number of rotatable bonds is 2. The van der Waals surface area contributed by atoms with Crippen LogP contribution in [0.2, 0.25) is 0 Å². The number of hydrogen-bond donors (Lipinski definition) is 0. The van der Waals surface area contributed by atoms with E-state index in [9.17, 15) is 9.59 Å². The molecule has 0 unspecified atom stereocenters. The Hall–Kier alpha value is -0.402. The molecule has 0 heterocycles. The first-order chi connectivity index (χ1) is 9.34. The summed E-state index contributed by atoms with van der Waals surface area (Å²) in [6, 6.07) is 14.7. The zero-order valence-electron chi connectivity index (χ0n) is 11.0. The molecule has 0 amide bonds. The molecule has 2 aromatic carbocycles. The molecule has 2 rings (SSSR count). The third kappa shape index (κ3) is 10.4. The number of hydrogen-bond acceptors (Lipinski definition) is 2. The summed E-state index contributed by atoms with van der Waals surface area (Å²) in [4.78, 5) is 21.0. The Morgan fingerprint density at radius 2 is 0.950 bits per heavy atom. The number of halogens is 3. The van der Waals surface area contributed by atoms with Gasteiger partial charge >= 0.3 is 42.4 Å². The van der Waals surface area contributed by atoms with Crippen molar-refractivity contribution in [3.05, 3.63) is 59.7 Å². The van der Waals surface area contributed by atoms with Crippen LogP contribution in [-0.2, 0) is 14.2 Å². The van der Waals surface area contributed by atoms with Gasteiger partial charge in [0.15, 0.2) is 0 Å². The third-order valence-electron chi connectivity index (χ3n) is 2.14. The van der Waals surface area contributed by atoms with Crippen LogP contribution in [0.25, 0.3) is 0 Å². The molecular formula is C14H14Cl3MoO2-2. The van der Waals surface area contributed by atoms with Crippen molar-refractivity contribution in [3.8, 4) is 0 Å². The Bertz CT molecular complexity index is 443. The van der Waals surface area contributed by atoms with Crippen molar-refractivity contribution in [1.29, 1.82) is 0 Å². The number of ketones is 2. The van der Waals surface area contributed by atoms with Crippen LogP contribution in [0.5, 0.6) is 0 Å². The van der Waals surface area contributed by atoms with Crippen LogP contribution < -0.4 is 0 Å². The van der Waals surface area contributed by atoms with Crippen molar-refractivity contribution in [2.75, 3.05) is 0 Å². The zero-order chi connectivity index (χ0) is 15.5. The number of carbonyl (C=O) groups is 2. The molecule has 0 saturated carbocycles. The molecule has 0 aliphatic rings. The van der Waals surface area contributed by atoms with Crippen molar-refractivity contribution in [2.24, 2.45) is 0 Å². The Kier molecular flexibility index (Phi) is 11.1. The minimum atomic E-state index is -1.94. The fourth-order valence-corrected chi connectivity index (χ4v) is 1.22. The van der Waals surface area contributed by atoms with Gasteiger partial charge in [-0.15, -0.1) is 0 Å². The Balaban J connectivity index is 0.000000289. The van der Waals surface area contributed by atoms with Crippen molar-refractivity contribution < 1.29 is 23.8 Å². The molecule has 0 N–H and O–H groups in total. The van der Waals surface area contributed by atoms with Crippen molar-refractivity contribution in [1.82, 2.24) is 0 Å². The molecule has 0 spiro atoms. The molecular weight excluding hydrogens is 402 g/mol. The standard InChI is InChI=1S/2C7H7O.3ClH.Mo/c2*1-6(8)7-4-2-3-5-7;;;;/h2*2-5H,1H3;3*1H;/q2*-1;;;;+3/p-3. The number of carbonyl (C=O) groups excluding carboxylic acids is 2. The molecule has 2 aromatic rings. The summed E-state index contributed by atoms with van der Waals surface area (Å²) in [5.74, 6) is 0.269. The maximum atomic E-state index is 10.5. The molecule has 0 saturated heterocycles. The van der Waals surface area contributed by atoms with Gasteiger partial charge in [0.1, 0.15) is 11.6 Å². The average Bonchev–Trinajstić information content (AvgIpc) is 3.03. The molecule has 20 heavy (non-hydrogen) atoms. The first-order valence-electron chi connectivity index (χ1n) is 5.53. The summed E-state index contributed by atoms with van der Waals surface area (Å²) < 4.78 is 0. The van der Waals surface area contributed by atoms with Gasteiger partial charge in [-0.1, -0.05) is 11.1 Å². The van der Waals surface area contributed by atoms with Crippen LogP contribution in [0.15, 0.2) is 48.5 Å². The summed E-state index contributed by atoms with van der Waals surface area (Å²) in [6.07, 6.45) is 0. The van der Waals surface area contributed by atoms with Crippen LogP contribution in [-0.4, -0.2) is 11.6 Å². The van der Waals surface area contributed by atoms with Gasteiger partial charge in [0, 0.05) is 0 Å². The third-order valence-corrected chi connectivity index (χ3v) is 2.14. The van der Waals surface area contributed by atoms with Crippen molar-refractivity contribution in [2.45, 2.75) is 13.8 Å². The zero-order valence-corrected chi connectivity index (χ0v) is 15.3. The van der Waals surface area contributed by atoms with E-state index in [0.29, 0.717) is 0 Å². The summed E-state index contributed by atoms with van der Waals surface area (Å²) in [5.41, 5.74) is 1.59. The van der Waals surface area contributed by atoms with Crippen molar-refractivity contribution >= 4 is 39.8 Å². The van der Waals surface area contributed by atoms with E-state index < -0.39 is 14.2 Å². The molecule has 111 valence electrons. The van der Waals surface area contributed by atoms with Crippen LogP contribution >= 0.6 is 28.3 Å². The summed E-state index contributed by atoms with van der Waals surface area (Å²) in [5, 5.41) is 0. The SMILES string of the molecule is CC(=O)[c-]1cccc1.CC(=O)[c-]1cccc1.[Cl][Mo]([Cl])[Cl]. The summed E-state index contributed by atoms with van der Waals surface area (Å²) in [6.45, 7) is 3.13. The summed E-state index contributed by atoms with van der Waals surface area (Å²) in [7, 11) is 14.9. The van der Waals surface area contributed by atoms with Gasteiger partial charge in [0.05, 0.1) is 0 Å². The second-order valence-electron chi connectivity index (χ2n) is 3.63. The van der Waals surface area contributed by atoms with Crippen LogP contribution in [0.3, 0.4) is 0 Å². The van der Waals surface area contributed by atoms with E-state index in [1.165, 1.54) is 0 Å². The predicted octanol–water partition coefficient (Wildman–Crippen LogP) is 5.28. The maximum absolute atomic E-state index is 10.5. The molecule has 2 nitrogen and oxygen atoms in total. The normalized spacial score (nSPS) is 9.10. The Labute approximate surface area is 136 Å². The van der Waals surface area contributed by atoms with E-state index in [1.54, 1.807) is 13.8 Å².